The van der Waals surface area contributed by atoms with Crippen LogP contribution in [0.4, 0.5) is 0 Å². The van der Waals surface area contributed by atoms with Crippen LogP contribution < -0.4 is 5.32 Å². The molecular weight excluding hydrogens is 342 g/mol. The normalized spacial score (nSPS) is 13.8. The molecule has 2 aromatic rings. The van der Waals surface area contributed by atoms with Crippen molar-refractivity contribution in [1.82, 2.24) is 5.32 Å². The second-order valence-corrected chi connectivity index (χ2v) is 7.14. The average molecular weight is 376 g/mol. The summed E-state index contributed by atoms with van der Waals surface area (Å²) >= 11 is 5.96. The third-order valence-electron chi connectivity index (χ3n) is 4.39. The van der Waals surface area contributed by atoms with Crippen LogP contribution in [-0.4, -0.2) is 25.8 Å². The molecule has 3 heteroatoms. The van der Waals surface area contributed by atoms with E-state index in [-0.39, 0.29) is 6.61 Å². The van der Waals surface area contributed by atoms with Crippen molar-refractivity contribution in [3.05, 3.63) is 70.7 Å². The molecule has 1 aliphatic rings. The van der Waals surface area contributed by atoms with Crippen LogP contribution in [0.3, 0.4) is 0 Å². The standard InChI is InChI=1S/C12H15Cl.C9H12O.C2H7N/c13-12-8-4-7-11(9-12)10-5-2-1-3-6-10;10-8-4-7-9-5-2-1-3-6-9;1-3-2/h4,7-10H,1-3,5-6H2;1-3,5-6,10H,4,7-8H2;3H,1-2H3. The number of aryl methyl sites for hydroxylation is 1. The molecule has 26 heavy (non-hydrogen) atoms. The van der Waals surface area contributed by atoms with Gasteiger partial charge in [0.2, 0.25) is 0 Å². The minimum absolute atomic E-state index is 0.287. The molecule has 1 fully saturated rings. The first-order chi connectivity index (χ1) is 12.7. The van der Waals surface area contributed by atoms with Crippen LogP contribution in [0.25, 0.3) is 0 Å². The maximum Gasteiger partial charge on any atom is 0.0434 e. The van der Waals surface area contributed by atoms with E-state index in [1.807, 2.05) is 38.4 Å². The summed E-state index contributed by atoms with van der Waals surface area (Å²) in [7, 11) is 3.75. The lowest BCUT2D eigenvalue weighted by molar-refractivity contribution is 0.288. The average Bonchev–Trinajstić information content (AvgIpc) is 2.69. The molecule has 0 atom stereocenters. The summed E-state index contributed by atoms with van der Waals surface area (Å²) in [5.74, 6) is 0.771. The predicted octanol–water partition coefficient (Wildman–Crippen LogP) is 5.83. The summed E-state index contributed by atoms with van der Waals surface area (Å²) in [4.78, 5) is 0. The molecule has 0 radical (unpaired) electrons. The second-order valence-electron chi connectivity index (χ2n) is 6.70. The zero-order chi connectivity index (χ0) is 19.0. The number of hydrogen-bond acceptors (Lipinski definition) is 2. The first-order valence-corrected chi connectivity index (χ1v) is 10.1. The van der Waals surface area contributed by atoms with E-state index in [0.717, 1.165) is 23.8 Å². The van der Waals surface area contributed by atoms with Gasteiger partial charge in [0.05, 0.1) is 0 Å². The fourth-order valence-electron chi connectivity index (χ4n) is 3.12. The van der Waals surface area contributed by atoms with E-state index in [9.17, 15) is 0 Å². The van der Waals surface area contributed by atoms with Gasteiger partial charge in [-0.2, -0.15) is 0 Å². The molecular formula is C23H34ClNO. The Morgan fingerprint density at radius 3 is 2.19 bits per heavy atom. The van der Waals surface area contributed by atoms with Crippen LogP contribution in [0.2, 0.25) is 5.02 Å². The highest BCUT2D eigenvalue weighted by molar-refractivity contribution is 6.30. The molecule has 2 aromatic carbocycles. The third kappa shape index (κ3) is 9.96. The van der Waals surface area contributed by atoms with Crippen LogP contribution >= 0.6 is 11.6 Å². The van der Waals surface area contributed by atoms with Crippen molar-refractivity contribution in [3.8, 4) is 0 Å². The van der Waals surface area contributed by atoms with E-state index >= 15 is 0 Å². The molecule has 0 amide bonds. The minimum Gasteiger partial charge on any atom is -0.396 e. The SMILES string of the molecule is CNC.Clc1cccc(C2CCCCC2)c1.OCCCc1ccccc1. The minimum atomic E-state index is 0.287. The van der Waals surface area contributed by atoms with Crippen LogP contribution in [-0.2, 0) is 6.42 Å². The molecule has 1 saturated carbocycles. The lowest BCUT2D eigenvalue weighted by atomic mass is 9.84. The van der Waals surface area contributed by atoms with Gasteiger partial charge in [-0.3, -0.25) is 0 Å². The van der Waals surface area contributed by atoms with Crippen molar-refractivity contribution < 1.29 is 5.11 Å². The van der Waals surface area contributed by atoms with E-state index in [1.54, 1.807) is 0 Å². The fourth-order valence-corrected chi connectivity index (χ4v) is 3.32. The van der Waals surface area contributed by atoms with Gasteiger partial charge in [-0.15, -0.1) is 0 Å². The smallest absolute Gasteiger partial charge is 0.0434 e. The first kappa shape index (κ1) is 22.7. The summed E-state index contributed by atoms with van der Waals surface area (Å²) in [5, 5.41) is 12.2. The van der Waals surface area contributed by atoms with Gasteiger partial charge < -0.3 is 10.4 Å². The van der Waals surface area contributed by atoms with Crippen molar-refractivity contribution in [3.63, 3.8) is 0 Å². The molecule has 0 unspecified atom stereocenters. The first-order valence-electron chi connectivity index (χ1n) is 9.70. The van der Waals surface area contributed by atoms with Crippen LogP contribution in [0.15, 0.2) is 54.6 Å². The van der Waals surface area contributed by atoms with E-state index in [2.05, 4.69) is 35.6 Å². The topological polar surface area (TPSA) is 32.3 Å². The maximum atomic E-state index is 8.53. The van der Waals surface area contributed by atoms with Crippen LogP contribution in [0.1, 0.15) is 55.6 Å². The van der Waals surface area contributed by atoms with Crippen molar-refractivity contribution in [2.24, 2.45) is 0 Å². The zero-order valence-electron chi connectivity index (χ0n) is 16.3. The molecule has 0 bridgehead atoms. The Labute approximate surface area is 164 Å². The predicted molar refractivity (Wildman–Crippen MR) is 114 cm³/mol. The Kier molecular flexibility index (Phi) is 12.9. The number of benzene rings is 2. The molecule has 0 saturated heterocycles. The second kappa shape index (κ2) is 14.8. The Morgan fingerprint density at radius 1 is 0.962 bits per heavy atom. The Balaban J connectivity index is 0.000000233. The highest BCUT2D eigenvalue weighted by atomic mass is 35.5. The van der Waals surface area contributed by atoms with Gasteiger partial charge >= 0.3 is 0 Å². The van der Waals surface area contributed by atoms with Crippen molar-refractivity contribution >= 4 is 11.6 Å². The van der Waals surface area contributed by atoms with Gasteiger partial charge in [0.25, 0.3) is 0 Å². The lowest BCUT2D eigenvalue weighted by Crippen LogP contribution is -2.03. The number of aliphatic hydroxyl groups is 1. The van der Waals surface area contributed by atoms with Gasteiger partial charge in [-0.25, -0.2) is 0 Å². The summed E-state index contributed by atoms with van der Waals surface area (Å²) in [6.45, 7) is 0.287. The van der Waals surface area contributed by atoms with Crippen LogP contribution in [0.5, 0.6) is 0 Å². The summed E-state index contributed by atoms with van der Waals surface area (Å²) in [6, 6.07) is 18.5. The number of aliphatic hydroxyl groups excluding tert-OH is 1. The van der Waals surface area contributed by atoms with Gasteiger partial charge in [0.1, 0.15) is 0 Å². The van der Waals surface area contributed by atoms with E-state index in [4.69, 9.17) is 16.7 Å². The molecule has 3 rings (SSSR count). The Bertz CT molecular complexity index is 567. The summed E-state index contributed by atoms with van der Waals surface area (Å²) in [5.41, 5.74) is 2.74. The third-order valence-corrected chi connectivity index (χ3v) is 4.63. The molecule has 2 N–H and O–H groups in total. The lowest BCUT2D eigenvalue weighted by Gasteiger charge is -2.21. The van der Waals surface area contributed by atoms with Gasteiger partial charge in [0.15, 0.2) is 0 Å². The van der Waals surface area contributed by atoms with Crippen molar-refractivity contribution in [1.29, 1.82) is 0 Å². The van der Waals surface area contributed by atoms with Gasteiger partial charge in [-0.1, -0.05) is 73.3 Å². The highest BCUT2D eigenvalue weighted by Gasteiger charge is 2.14. The Hall–Kier alpha value is -1.35. The number of rotatable bonds is 4. The van der Waals surface area contributed by atoms with Gasteiger partial charge in [-0.05, 0) is 69.0 Å². The van der Waals surface area contributed by atoms with Crippen molar-refractivity contribution in [2.75, 3.05) is 20.7 Å². The summed E-state index contributed by atoms with van der Waals surface area (Å²) in [6.07, 6.45) is 8.73. The van der Waals surface area contributed by atoms with E-state index < -0.39 is 0 Å². The largest absolute Gasteiger partial charge is 0.396 e. The zero-order valence-corrected chi connectivity index (χ0v) is 17.0. The number of halogens is 1. The molecule has 1 aliphatic carbocycles. The molecule has 144 valence electrons. The summed E-state index contributed by atoms with van der Waals surface area (Å²) < 4.78 is 0. The number of nitrogens with one attached hydrogen (secondary N) is 1. The molecule has 2 nitrogen and oxygen atoms in total. The highest BCUT2D eigenvalue weighted by Crippen LogP contribution is 2.33. The fraction of sp³-hybridized carbons (Fsp3) is 0.478. The molecule has 0 aliphatic heterocycles. The van der Waals surface area contributed by atoms with Gasteiger partial charge in [0, 0.05) is 11.6 Å². The van der Waals surface area contributed by atoms with Crippen molar-refractivity contribution in [2.45, 2.75) is 50.9 Å². The maximum absolute atomic E-state index is 8.53. The monoisotopic (exact) mass is 375 g/mol. The van der Waals surface area contributed by atoms with Crippen LogP contribution in [0, 0.1) is 0 Å². The number of hydrogen-bond donors (Lipinski definition) is 2. The molecule has 0 aromatic heterocycles. The van der Waals surface area contributed by atoms with E-state index in [0.29, 0.717) is 0 Å². The van der Waals surface area contributed by atoms with E-state index in [1.165, 1.54) is 43.2 Å². The molecule has 0 spiro atoms. The molecule has 0 heterocycles. The quantitative estimate of drug-likeness (QED) is 0.704. The Morgan fingerprint density at radius 2 is 1.62 bits per heavy atom.